The molecule has 0 aliphatic heterocycles. The Bertz CT molecular complexity index is 157. The van der Waals surface area contributed by atoms with Gasteiger partial charge < -0.3 is 5.32 Å². The fourth-order valence-electron chi connectivity index (χ4n) is 2.09. The van der Waals surface area contributed by atoms with Crippen LogP contribution in [-0.4, -0.2) is 13.1 Å². The Labute approximate surface area is 75.9 Å². The van der Waals surface area contributed by atoms with Gasteiger partial charge in [-0.3, -0.25) is 0 Å². The summed E-state index contributed by atoms with van der Waals surface area (Å²) in [5, 5.41) is 3.34. The van der Waals surface area contributed by atoms with Gasteiger partial charge >= 0.3 is 0 Å². The van der Waals surface area contributed by atoms with E-state index >= 15 is 0 Å². The molecule has 1 aliphatic carbocycles. The van der Waals surface area contributed by atoms with Gasteiger partial charge in [-0.15, -0.1) is 12.3 Å². The molecular formula is C11H19N. The van der Waals surface area contributed by atoms with Crippen LogP contribution in [0.25, 0.3) is 0 Å². The molecule has 0 radical (unpaired) electrons. The fourth-order valence-corrected chi connectivity index (χ4v) is 2.09. The molecule has 0 aromatic carbocycles. The molecule has 1 heteroatoms. The van der Waals surface area contributed by atoms with Gasteiger partial charge in [0.15, 0.2) is 0 Å². The summed E-state index contributed by atoms with van der Waals surface area (Å²) in [5.41, 5.74) is 0. The van der Waals surface area contributed by atoms with Gasteiger partial charge in [0.05, 0.1) is 0 Å². The van der Waals surface area contributed by atoms with E-state index in [-0.39, 0.29) is 0 Å². The van der Waals surface area contributed by atoms with Crippen molar-refractivity contribution < 1.29 is 0 Å². The first-order valence-electron chi connectivity index (χ1n) is 4.97. The zero-order valence-corrected chi connectivity index (χ0v) is 7.97. The number of terminal acetylenes is 1. The second-order valence-electron chi connectivity index (χ2n) is 3.76. The molecular weight excluding hydrogens is 146 g/mol. The van der Waals surface area contributed by atoms with E-state index in [0.717, 1.165) is 18.4 Å². The van der Waals surface area contributed by atoms with E-state index in [2.05, 4.69) is 18.3 Å². The maximum absolute atomic E-state index is 5.20. The van der Waals surface area contributed by atoms with Crippen molar-refractivity contribution in [2.75, 3.05) is 7.05 Å². The molecule has 1 N–H and O–H groups in total. The molecule has 0 heterocycles. The molecule has 0 amide bonds. The average Bonchev–Trinajstić information content (AvgIpc) is 2.53. The molecule has 0 bridgehead atoms. The molecule has 1 rings (SSSR count). The Morgan fingerprint density at radius 3 is 2.92 bits per heavy atom. The van der Waals surface area contributed by atoms with Crippen molar-refractivity contribution in [2.45, 2.75) is 44.6 Å². The van der Waals surface area contributed by atoms with Crippen LogP contribution in [0.3, 0.4) is 0 Å². The van der Waals surface area contributed by atoms with E-state index in [1.165, 1.54) is 32.1 Å². The van der Waals surface area contributed by atoms with E-state index in [9.17, 15) is 0 Å². The fraction of sp³-hybridized carbons (Fsp3) is 0.818. The number of nitrogens with one attached hydrogen (secondary N) is 1. The Morgan fingerprint density at radius 2 is 2.33 bits per heavy atom. The van der Waals surface area contributed by atoms with E-state index < -0.39 is 0 Å². The largest absolute Gasteiger partial charge is 0.317 e. The number of hydrogen-bond donors (Lipinski definition) is 1. The third-order valence-corrected chi connectivity index (χ3v) is 2.88. The van der Waals surface area contributed by atoms with Gasteiger partial charge in [-0.05, 0) is 45.1 Å². The summed E-state index contributed by atoms with van der Waals surface area (Å²) in [6.07, 6.45) is 12.8. The van der Waals surface area contributed by atoms with Crippen LogP contribution < -0.4 is 5.32 Å². The summed E-state index contributed by atoms with van der Waals surface area (Å²) in [7, 11) is 2.06. The molecule has 0 spiro atoms. The van der Waals surface area contributed by atoms with Crippen LogP contribution >= 0.6 is 0 Å². The molecule has 1 saturated carbocycles. The standard InChI is InChI=1S/C11H19N/c1-3-4-5-6-10-7-8-11(9-10)12-2/h1,10-12H,4-9H2,2H3. The van der Waals surface area contributed by atoms with Crippen molar-refractivity contribution in [1.82, 2.24) is 5.32 Å². The van der Waals surface area contributed by atoms with Gasteiger partial charge in [0.2, 0.25) is 0 Å². The van der Waals surface area contributed by atoms with Crippen LogP contribution in [-0.2, 0) is 0 Å². The highest BCUT2D eigenvalue weighted by atomic mass is 14.9. The minimum absolute atomic E-state index is 0.779. The third kappa shape index (κ3) is 2.87. The van der Waals surface area contributed by atoms with Crippen molar-refractivity contribution in [1.29, 1.82) is 0 Å². The quantitative estimate of drug-likeness (QED) is 0.497. The van der Waals surface area contributed by atoms with E-state index in [1.54, 1.807) is 0 Å². The van der Waals surface area contributed by atoms with Gasteiger partial charge in [-0.2, -0.15) is 0 Å². The van der Waals surface area contributed by atoms with Gasteiger partial charge in [-0.25, -0.2) is 0 Å². The number of hydrogen-bond acceptors (Lipinski definition) is 1. The van der Waals surface area contributed by atoms with Gasteiger partial charge in [-0.1, -0.05) is 0 Å². The predicted molar refractivity (Wildman–Crippen MR) is 52.9 cm³/mol. The molecule has 2 unspecified atom stereocenters. The normalized spacial score (nSPS) is 28.7. The van der Waals surface area contributed by atoms with Crippen molar-refractivity contribution in [3.8, 4) is 12.3 Å². The Kier molecular flexibility index (Phi) is 4.18. The topological polar surface area (TPSA) is 12.0 Å². The maximum atomic E-state index is 5.20. The molecule has 0 saturated heterocycles. The molecule has 2 atom stereocenters. The first-order chi connectivity index (χ1) is 5.86. The minimum atomic E-state index is 0.779. The van der Waals surface area contributed by atoms with Gasteiger partial charge in [0, 0.05) is 12.5 Å². The summed E-state index contributed by atoms with van der Waals surface area (Å²) in [4.78, 5) is 0. The summed E-state index contributed by atoms with van der Waals surface area (Å²) in [6.45, 7) is 0. The highest BCUT2D eigenvalue weighted by Crippen LogP contribution is 2.29. The van der Waals surface area contributed by atoms with Crippen molar-refractivity contribution in [3.63, 3.8) is 0 Å². The van der Waals surface area contributed by atoms with Crippen molar-refractivity contribution >= 4 is 0 Å². The minimum Gasteiger partial charge on any atom is -0.317 e. The molecule has 68 valence electrons. The molecule has 0 aromatic rings. The number of rotatable bonds is 4. The Balaban J connectivity index is 2.07. The first-order valence-corrected chi connectivity index (χ1v) is 4.97. The molecule has 1 aliphatic rings. The van der Waals surface area contributed by atoms with Crippen LogP contribution in [0.4, 0.5) is 0 Å². The predicted octanol–water partition coefficient (Wildman–Crippen LogP) is 2.18. The van der Waals surface area contributed by atoms with Crippen LogP contribution in [0, 0.1) is 18.3 Å². The van der Waals surface area contributed by atoms with Crippen LogP contribution in [0.2, 0.25) is 0 Å². The number of unbranched alkanes of at least 4 members (excludes halogenated alkanes) is 1. The first kappa shape index (κ1) is 9.61. The zero-order chi connectivity index (χ0) is 8.81. The van der Waals surface area contributed by atoms with Crippen molar-refractivity contribution in [2.24, 2.45) is 5.92 Å². The Morgan fingerprint density at radius 1 is 1.50 bits per heavy atom. The molecule has 1 fully saturated rings. The summed E-state index contributed by atoms with van der Waals surface area (Å²) < 4.78 is 0. The summed E-state index contributed by atoms with van der Waals surface area (Å²) in [6, 6.07) is 0.779. The smallest absolute Gasteiger partial charge is 0.00861 e. The zero-order valence-electron chi connectivity index (χ0n) is 7.97. The van der Waals surface area contributed by atoms with Crippen molar-refractivity contribution in [3.05, 3.63) is 0 Å². The lowest BCUT2D eigenvalue weighted by Gasteiger charge is -2.09. The van der Waals surface area contributed by atoms with E-state index in [0.29, 0.717) is 0 Å². The van der Waals surface area contributed by atoms with Crippen LogP contribution in [0.1, 0.15) is 38.5 Å². The summed E-state index contributed by atoms with van der Waals surface area (Å²) >= 11 is 0. The maximum Gasteiger partial charge on any atom is 0.00861 e. The van der Waals surface area contributed by atoms with E-state index in [1.807, 2.05) is 0 Å². The van der Waals surface area contributed by atoms with E-state index in [4.69, 9.17) is 6.42 Å². The highest BCUT2D eigenvalue weighted by Gasteiger charge is 2.22. The third-order valence-electron chi connectivity index (χ3n) is 2.88. The highest BCUT2D eigenvalue weighted by molar-refractivity contribution is 4.85. The Hall–Kier alpha value is -0.480. The SMILES string of the molecule is C#CCCCC1CCC(NC)C1. The van der Waals surface area contributed by atoms with Gasteiger partial charge in [0.25, 0.3) is 0 Å². The average molecular weight is 165 g/mol. The lowest BCUT2D eigenvalue weighted by atomic mass is 10.0. The van der Waals surface area contributed by atoms with Crippen LogP contribution in [0.15, 0.2) is 0 Å². The second kappa shape index (κ2) is 5.22. The molecule has 0 aromatic heterocycles. The monoisotopic (exact) mass is 165 g/mol. The molecule has 12 heavy (non-hydrogen) atoms. The van der Waals surface area contributed by atoms with Crippen LogP contribution in [0.5, 0.6) is 0 Å². The second-order valence-corrected chi connectivity index (χ2v) is 3.76. The lowest BCUT2D eigenvalue weighted by Crippen LogP contribution is -2.21. The molecule has 1 nitrogen and oxygen atoms in total. The summed E-state index contributed by atoms with van der Waals surface area (Å²) in [5.74, 6) is 3.64. The van der Waals surface area contributed by atoms with Gasteiger partial charge in [0.1, 0.15) is 0 Å². The lowest BCUT2D eigenvalue weighted by molar-refractivity contribution is 0.468.